The molecule has 84 valence electrons. The van der Waals surface area contributed by atoms with Crippen molar-refractivity contribution in [3.05, 3.63) is 35.8 Å². The molecule has 6 nitrogen and oxygen atoms in total. The topological polar surface area (TPSA) is 73.1 Å². The van der Waals surface area contributed by atoms with E-state index in [9.17, 15) is 5.11 Å². The summed E-state index contributed by atoms with van der Waals surface area (Å²) in [6.07, 6.45) is 0.898. The molecule has 16 heavy (non-hydrogen) atoms. The summed E-state index contributed by atoms with van der Waals surface area (Å²) in [4.78, 5) is 0. The van der Waals surface area contributed by atoms with Gasteiger partial charge in [0.1, 0.15) is 6.10 Å². The summed E-state index contributed by atoms with van der Waals surface area (Å²) in [5.41, 5.74) is 0.987. The van der Waals surface area contributed by atoms with Gasteiger partial charge in [-0.3, -0.25) is 4.68 Å². The highest BCUT2D eigenvalue weighted by molar-refractivity contribution is 5.19. The molecule has 1 unspecified atom stereocenters. The van der Waals surface area contributed by atoms with Crippen LogP contribution in [0.15, 0.2) is 24.4 Å². The summed E-state index contributed by atoms with van der Waals surface area (Å²) in [6.45, 7) is 0. The molecule has 0 saturated heterocycles. The molecule has 2 aromatic rings. The second kappa shape index (κ2) is 4.28. The van der Waals surface area contributed by atoms with Gasteiger partial charge in [0.2, 0.25) is 5.88 Å². The van der Waals surface area contributed by atoms with Crippen molar-refractivity contribution < 1.29 is 9.84 Å². The average molecular weight is 220 g/mol. The molecule has 0 aliphatic heterocycles. The molecule has 2 rings (SSSR count). The smallest absolute Gasteiger partial charge is 0.233 e. The van der Waals surface area contributed by atoms with E-state index in [2.05, 4.69) is 15.3 Å². The Bertz CT molecular complexity index is 466. The minimum atomic E-state index is -0.861. The highest BCUT2D eigenvalue weighted by atomic mass is 16.5. The Morgan fingerprint density at radius 2 is 2.06 bits per heavy atom. The first-order chi connectivity index (χ1) is 7.70. The van der Waals surface area contributed by atoms with Gasteiger partial charge in [0.15, 0.2) is 0 Å². The summed E-state index contributed by atoms with van der Waals surface area (Å²) >= 11 is 0. The fourth-order valence-electron chi connectivity index (χ4n) is 1.32. The first-order valence-corrected chi connectivity index (χ1v) is 4.76. The number of ether oxygens (including phenoxy) is 1. The Morgan fingerprint density at radius 1 is 1.25 bits per heavy atom. The van der Waals surface area contributed by atoms with E-state index >= 15 is 0 Å². The molecule has 2 aromatic heterocycles. The van der Waals surface area contributed by atoms with Crippen molar-refractivity contribution in [1.82, 2.24) is 20.0 Å². The minimum Gasteiger partial charge on any atom is -0.480 e. The van der Waals surface area contributed by atoms with Gasteiger partial charge in [-0.15, -0.1) is 10.2 Å². The summed E-state index contributed by atoms with van der Waals surface area (Å²) in [6, 6.07) is 5.04. The lowest BCUT2D eigenvalue weighted by molar-refractivity contribution is 0.207. The number of hydrogen-bond acceptors (Lipinski definition) is 5. The van der Waals surface area contributed by atoms with Gasteiger partial charge >= 0.3 is 0 Å². The second-order valence-electron chi connectivity index (χ2n) is 3.32. The molecular formula is C10H12N4O2. The molecule has 1 N–H and O–H groups in total. The van der Waals surface area contributed by atoms with Crippen LogP contribution in [0, 0.1) is 0 Å². The molecular weight excluding hydrogens is 208 g/mol. The number of rotatable bonds is 3. The molecule has 0 radical (unpaired) electrons. The molecule has 0 aliphatic carbocycles. The first kappa shape index (κ1) is 10.6. The molecule has 0 aromatic carbocycles. The molecule has 0 spiro atoms. The zero-order chi connectivity index (χ0) is 11.5. The summed E-state index contributed by atoms with van der Waals surface area (Å²) in [7, 11) is 3.30. The molecule has 0 amide bonds. The predicted octanol–water partition coefficient (Wildman–Crippen LogP) is 0.300. The Balaban J connectivity index is 2.23. The maximum absolute atomic E-state index is 9.95. The van der Waals surface area contributed by atoms with Gasteiger partial charge in [-0.25, -0.2) is 0 Å². The van der Waals surface area contributed by atoms with Crippen LogP contribution in [0.4, 0.5) is 0 Å². The highest BCUT2D eigenvalue weighted by Crippen LogP contribution is 2.18. The second-order valence-corrected chi connectivity index (χ2v) is 3.32. The Labute approximate surface area is 92.5 Å². The van der Waals surface area contributed by atoms with Crippen molar-refractivity contribution in [3.8, 4) is 5.88 Å². The molecule has 6 heteroatoms. The third-order valence-corrected chi connectivity index (χ3v) is 2.16. The van der Waals surface area contributed by atoms with Gasteiger partial charge in [-0.2, -0.15) is 5.10 Å². The number of methoxy groups -OCH3 is 1. The van der Waals surface area contributed by atoms with E-state index in [0.29, 0.717) is 17.3 Å². The van der Waals surface area contributed by atoms with E-state index in [4.69, 9.17) is 4.74 Å². The maximum atomic E-state index is 9.95. The van der Waals surface area contributed by atoms with Crippen LogP contribution < -0.4 is 4.74 Å². The predicted molar refractivity (Wildman–Crippen MR) is 55.9 cm³/mol. The van der Waals surface area contributed by atoms with Crippen molar-refractivity contribution in [2.24, 2.45) is 7.05 Å². The van der Waals surface area contributed by atoms with Crippen LogP contribution in [0.1, 0.15) is 17.5 Å². The van der Waals surface area contributed by atoms with E-state index in [0.717, 1.165) is 0 Å². The van der Waals surface area contributed by atoms with Crippen LogP contribution in [-0.2, 0) is 7.05 Å². The standard InChI is InChI=1S/C10H12N4O2/c1-14-6-5-8(13-14)10(15)7-3-4-9(16-2)12-11-7/h3-6,10,15H,1-2H3. The number of aromatic nitrogens is 4. The normalized spacial score (nSPS) is 12.4. The Hall–Kier alpha value is -1.95. The van der Waals surface area contributed by atoms with E-state index in [-0.39, 0.29) is 0 Å². The van der Waals surface area contributed by atoms with Crippen LogP contribution in [0.5, 0.6) is 5.88 Å². The van der Waals surface area contributed by atoms with E-state index in [1.54, 1.807) is 36.1 Å². The largest absolute Gasteiger partial charge is 0.480 e. The number of aliphatic hydroxyl groups excluding tert-OH is 1. The van der Waals surface area contributed by atoms with Gasteiger partial charge < -0.3 is 9.84 Å². The van der Waals surface area contributed by atoms with Crippen LogP contribution in [0.2, 0.25) is 0 Å². The first-order valence-electron chi connectivity index (χ1n) is 4.76. The average Bonchev–Trinajstić information content (AvgIpc) is 2.75. The van der Waals surface area contributed by atoms with Gasteiger partial charge in [-0.05, 0) is 12.1 Å². The third-order valence-electron chi connectivity index (χ3n) is 2.16. The quantitative estimate of drug-likeness (QED) is 0.805. The number of aryl methyl sites for hydroxylation is 1. The summed E-state index contributed by atoms with van der Waals surface area (Å²) in [5, 5.41) is 21.7. The Morgan fingerprint density at radius 3 is 2.56 bits per heavy atom. The van der Waals surface area contributed by atoms with Crippen molar-refractivity contribution in [1.29, 1.82) is 0 Å². The number of hydrogen-bond donors (Lipinski definition) is 1. The molecule has 0 saturated carbocycles. The molecule has 2 heterocycles. The lowest BCUT2D eigenvalue weighted by atomic mass is 10.2. The monoisotopic (exact) mass is 220 g/mol. The summed E-state index contributed by atoms with van der Waals surface area (Å²) in [5.74, 6) is 0.414. The van der Waals surface area contributed by atoms with Crippen LogP contribution in [0.3, 0.4) is 0 Å². The SMILES string of the molecule is COc1ccc(C(O)c2ccn(C)n2)nn1. The van der Waals surface area contributed by atoms with E-state index in [1.807, 2.05) is 0 Å². The maximum Gasteiger partial charge on any atom is 0.233 e. The van der Waals surface area contributed by atoms with E-state index in [1.165, 1.54) is 7.11 Å². The zero-order valence-corrected chi connectivity index (χ0v) is 9.03. The zero-order valence-electron chi connectivity index (χ0n) is 9.03. The van der Waals surface area contributed by atoms with Gasteiger partial charge in [0.05, 0.1) is 18.5 Å². The van der Waals surface area contributed by atoms with Crippen molar-refractivity contribution in [2.75, 3.05) is 7.11 Å². The fraction of sp³-hybridized carbons (Fsp3) is 0.300. The lowest BCUT2D eigenvalue weighted by Gasteiger charge is -2.06. The van der Waals surface area contributed by atoms with Crippen LogP contribution in [-0.4, -0.2) is 32.2 Å². The summed E-state index contributed by atoms with van der Waals surface area (Å²) < 4.78 is 6.50. The van der Waals surface area contributed by atoms with Gasteiger partial charge in [0, 0.05) is 19.3 Å². The number of aliphatic hydroxyl groups is 1. The highest BCUT2D eigenvalue weighted by Gasteiger charge is 2.15. The van der Waals surface area contributed by atoms with E-state index < -0.39 is 6.10 Å². The van der Waals surface area contributed by atoms with Crippen molar-refractivity contribution >= 4 is 0 Å². The van der Waals surface area contributed by atoms with Crippen LogP contribution in [0.25, 0.3) is 0 Å². The van der Waals surface area contributed by atoms with Crippen molar-refractivity contribution in [3.63, 3.8) is 0 Å². The van der Waals surface area contributed by atoms with Gasteiger partial charge in [-0.1, -0.05) is 0 Å². The van der Waals surface area contributed by atoms with Crippen LogP contribution >= 0.6 is 0 Å². The van der Waals surface area contributed by atoms with Gasteiger partial charge in [0.25, 0.3) is 0 Å². The fourth-order valence-corrected chi connectivity index (χ4v) is 1.32. The molecule has 1 atom stereocenters. The minimum absolute atomic E-state index is 0.414. The lowest BCUT2D eigenvalue weighted by Crippen LogP contribution is -2.05. The molecule has 0 fully saturated rings. The van der Waals surface area contributed by atoms with Crippen molar-refractivity contribution in [2.45, 2.75) is 6.10 Å². The molecule has 0 aliphatic rings. The molecule has 0 bridgehead atoms. The third kappa shape index (κ3) is 2.01. The number of nitrogens with zero attached hydrogens (tertiary/aromatic N) is 4. The Kier molecular flexibility index (Phi) is 2.82.